The van der Waals surface area contributed by atoms with Crippen LogP contribution in [0.25, 0.3) is 0 Å². The van der Waals surface area contributed by atoms with E-state index >= 15 is 0 Å². The second kappa shape index (κ2) is 5.83. The van der Waals surface area contributed by atoms with Gasteiger partial charge in [-0.3, -0.25) is 0 Å². The number of rotatable bonds is 4. The van der Waals surface area contributed by atoms with Gasteiger partial charge in [0.25, 0.3) is 0 Å². The SMILES string of the molecule is CCc1ccc(C(Br)Cc2ccc(C)cc2)s1. The molecule has 0 saturated heterocycles. The summed E-state index contributed by atoms with van der Waals surface area (Å²) in [6.45, 7) is 4.33. The average molecular weight is 309 g/mol. The topological polar surface area (TPSA) is 0 Å². The Kier molecular flexibility index (Phi) is 4.41. The molecule has 0 aliphatic heterocycles. The minimum Gasteiger partial charge on any atom is -0.144 e. The fourth-order valence-corrected chi connectivity index (χ4v) is 3.52. The minimum absolute atomic E-state index is 0.440. The zero-order valence-corrected chi connectivity index (χ0v) is 12.6. The van der Waals surface area contributed by atoms with E-state index in [1.807, 2.05) is 11.3 Å². The van der Waals surface area contributed by atoms with E-state index in [-0.39, 0.29) is 0 Å². The van der Waals surface area contributed by atoms with Crippen LogP contribution in [0.15, 0.2) is 36.4 Å². The number of thiophene rings is 1. The summed E-state index contributed by atoms with van der Waals surface area (Å²) < 4.78 is 0. The third-order valence-electron chi connectivity index (χ3n) is 2.88. The van der Waals surface area contributed by atoms with Crippen LogP contribution < -0.4 is 0 Å². The van der Waals surface area contributed by atoms with Gasteiger partial charge in [-0.1, -0.05) is 52.7 Å². The molecule has 17 heavy (non-hydrogen) atoms. The number of hydrogen-bond donors (Lipinski definition) is 0. The van der Waals surface area contributed by atoms with Gasteiger partial charge in [0.2, 0.25) is 0 Å². The van der Waals surface area contributed by atoms with Gasteiger partial charge in [-0.2, -0.15) is 0 Å². The summed E-state index contributed by atoms with van der Waals surface area (Å²) >= 11 is 5.71. The molecule has 0 radical (unpaired) electrons. The van der Waals surface area contributed by atoms with Gasteiger partial charge in [0.05, 0.1) is 4.83 Å². The lowest BCUT2D eigenvalue weighted by Gasteiger charge is -2.08. The number of aryl methyl sites for hydroxylation is 2. The molecule has 0 N–H and O–H groups in total. The third-order valence-corrected chi connectivity index (χ3v) is 5.34. The predicted molar refractivity (Wildman–Crippen MR) is 80.2 cm³/mol. The van der Waals surface area contributed by atoms with Gasteiger partial charge in [-0.25, -0.2) is 0 Å². The number of halogens is 1. The maximum atomic E-state index is 3.79. The van der Waals surface area contributed by atoms with Gasteiger partial charge < -0.3 is 0 Å². The van der Waals surface area contributed by atoms with Gasteiger partial charge in [0.1, 0.15) is 0 Å². The highest BCUT2D eigenvalue weighted by molar-refractivity contribution is 9.09. The quantitative estimate of drug-likeness (QED) is 0.673. The molecule has 1 unspecified atom stereocenters. The lowest BCUT2D eigenvalue weighted by molar-refractivity contribution is 0.968. The first-order valence-electron chi connectivity index (χ1n) is 5.97. The molecule has 0 bridgehead atoms. The standard InChI is InChI=1S/C15H17BrS/c1-3-13-8-9-15(17-13)14(16)10-12-6-4-11(2)5-7-12/h4-9,14H,3,10H2,1-2H3. The first-order chi connectivity index (χ1) is 8.19. The van der Waals surface area contributed by atoms with E-state index in [0.29, 0.717) is 4.83 Å². The van der Waals surface area contributed by atoms with Crippen molar-refractivity contribution in [2.45, 2.75) is 31.5 Å². The van der Waals surface area contributed by atoms with Gasteiger partial charge in [0.15, 0.2) is 0 Å². The molecule has 0 aliphatic carbocycles. The van der Waals surface area contributed by atoms with Gasteiger partial charge >= 0.3 is 0 Å². The molecule has 90 valence electrons. The molecule has 0 saturated carbocycles. The van der Waals surface area contributed by atoms with Crippen LogP contribution in [0.4, 0.5) is 0 Å². The fourth-order valence-electron chi connectivity index (χ4n) is 1.78. The molecule has 0 fully saturated rings. The molecular formula is C15H17BrS. The van der Waals surface area contributed by atoms with Crippen LogP contribution >= 0.6 is 27.3 Å². The Labute approximate surface area is 116 Å². The van der Waals surface area contributed by atoms with Crippen molar-refractivity contribution in [3.8, 4) is 0 Å². The van der Waals surface area contributed by atoms with E-state index in [2.05, 4.69) is 66.2 Å². The highest BCUT2D eigenvalue weighted by Crippen LogP contribution is 2.32. The first-order valence-corrected chi connectivity index (χ1v) is 7.70. The third kappa shape index (κ3) is 3.43. The van der Waals surface area contributed by atoms with Crippen LogP contribution in [0.1, 0.15) is 32.6 Å². The lowest BCUT2D eigenvalue weighted by atomic mass is 10.1. The normalized spacial score (nSPS) is 12.6. The zero-order chi connectivity index (χ0) is 12.3. The van der Waals surface area contributed by atoms with Crippen LogP contribution in [-0.4, -0.2) is 0 Å². The van der Waals surface area contributed by atoms with Crippen LogP contribution in [0.5, 0.6) is 0 Å². The molecular weight excluding hydrogens is 292 g/mol. The molecule has 2 heteroatoms. The highest BCUT2D eigenvalue weighted by Gasteiger charge is 2.10. The van der Waals surface area contributed by atoms with Gasteiger partial charge in [-0.05, 0) is 37.5 Å². The Morgan fingerprint density at radius 2 is 1.82 bits per heavy atom. The Bertz CT molecular complexity index is 470. The van der Waals surface area contributed by atoms with Crippen molar-refractivity contribution in [1.29, 1.82) is 0 Å². The maximum Gasteiger partial charge on any atom is 0.0529 e. The van der Waals surface area contributed by atoms with Crippen molar-refractivity contribution >= 4 is 27.3 Å². The molecule has 2 rings (SSSR count). The van der Waals surface area contributed by atoms with Crippen LogP contribution in [0.3, 0.4) is 0 Å². The molecule has 1 atom stereocenters. The van der Waals surface area contributed by atoms with Gasteiger partial charge in [-0.15, -0.1) is 11.3 Å². The molecule has 1 aromatic carbocycles. The van der Waals surface area contributed by atoms with E-state index < -0.39 is 0 Å². The van der Waals surface area contributed by atoms with Crippen molar-refractivity contribution < 1.29 is 0 Å². The van der Waals surface area contributed by atoms with Crippen LogP contribution in [-0.2, 0) is 12.8 Å². The van der Waals surface area contributed by atoms with Crippen LogP contribution in [0, 0.1) is 6.92 Å². The summed E-state index contributed by atoms with van der Waals surface area (Å²) in [6, 6.07) is 13.3. The Hall–Kier alpha value is -0.600. The van der Waals surface area contributed by atoms with E-state index in [0.717, 1.165) is 12.8 Å². The van der Waals surface area contributed by atoms with Crippen molar-refractivity contribution in [3.05, 3.63) is 57.3 Å². The predicted octanol–water partition coefficient (Wildman–Crippen LogP) is 5.30. The van der Waals surface area contributed by atoms with Crippen molar-refractivity contribution in [1.82, 2.24) is 0 Å². The largest absolute Gasteiger partial charge is 0.144 e. The smallest absolute Gasteiger partial charge is 0.0529 e. The molecule has 0 aliphatic rings. The fraction of sp³-hybridized carbons (Fsp3) is 0.333. The molecule has 1 aromatic heterocycles. The summed E-state index contributed by atoms with van der Waals surface area (Å²) in [5, 5.41) is 0. The van der Waals surface area contributed by atoms with Crippen molar-refractivity contribution in [3.63, 3.8) is 0 Å². The van der Waals surface area contributed by atoms with E-state index in [1.165, 1.54) is 20.9 Å². The summed E-state index contributed by atoms with van der Waals surface area (Å²) in [7, 11) is 0. The monoisotopic (exact) mass is 308 g/mol. The maximum absolute atomic E-state index is 3.79. The van der Waals surface area contributed by atoms with E-state index in [1.54, 1.807) is 0 Å². The summed E-state index contributed by atoms with van der Waals surface area (Å²) in [5.41, 5.74) is 2.72. The average Bonchev–Trinajstić information content (AvgIpc) is 2.81. The molecule has 1 heterocycles. The summed E-state index contributed by atoms with van der Waals surface area (Å²) in [4.78, 5) is 3.34. The molecule has 0 nitrogen and oxygen atoms in total. The Balaban J connectivity index is 2.05. The molecule has 0 amide bonds. The van der Waals surface area contributed by atoms with Crippen molar-refractivity contribution in [2.24, 2.45) is 0 Å². The summed E-state index contributed by atoms with van der Waals surface area (Å²) in [5.74, 6) is 0. The van der Waals surface area contributed by atoms with Crippen molar-refractivity contribution in [2.75, 3.05) is 0 Å². The molecule has 0 spiro atoms. The minimum atomic E-state index is 0.440. The Morgan fingerprint density at radius 1 is 1.12 bits per heavy atom. The van der Waals surface area contributed by atoms with Gasteiger partial charge in [0, 0.05) is 9.75 Å². The second-order valence-corrected chi connectivity index (χ2v) is 6.62. The highest BCUT2D eigenvalue weighted by atomic mass is 79.9. The zero-order valence-electron chi connectivity index (χ0n) is 10.2. The van der Waals surface area contributed by atoms with E-state index in [4.69, 9.17) is 0 Å². The Morgan fingerprint density at radius 3 is 2.41 bits per heavy atom. The number of alkyl halides is 1. The summed E-state index contributed by atoms with van der Waals surface area (Å²) in [6.07, 6.45) is 2.19. The van der Waals surface area contributed by atoms with Crippen LogP contribution in [0.2, 0.25) is 0 Å². The number of hydrogen-bond acceptors (Lipinski definition) is 1. The second-order valence-electron chi connectivity index (χ2n) is 4.31. The van der Waals surface area contributed by atoms with E-state index in [9.17, 15) is 0 Å². The first kappa shape index (κ1) is 12.8. The lowest BCUT2D eigenvalue weighted by Crippen LogP contribution is -1.92. The number of benzene rings is 1. The molecule has 2 aromatic rings.